The zero-order valence-corrected chi connectivity index (χ0v) is 20.6. The van der Waals surface area contributed by atoms with E-state index in [1.165, 1.54) is 11.8 Å². The molecule has 0 aliphatic carbocycles. The molecule has 2 amide bonds. The highest BCUT2D eigenvalue weighted by molar-refractivity contribution is 9.10. The molecule has 1 fully saturated rings. The first-order valence-electron chi connectivity index (χ1n) is 9.89. The number of benzene rings is 2. The molecule has 1 N–H and O–H groups in total. The molecule has 170 valence electrons. The Morgan fingerprint density at radius 2 is 1.91 bits per heavy atom. The average Bonchev–Trinajstić information content (AvgIpc) is 2.99. The van der Waals surface area contributed by atoms with Gasteiger partial charge in [-0.25, -0.2) is 4.99 Å². The fraction of sp³-hybridized carbons (Fsp3) is 0.318. The minimum atomic E-state index is -2.49. The Bertz CT molecular complexity index is 1000. The Balaban J connectivity index is 1.74. The first-order valence-corrected chi connectivity index (χ1v) is 12.4. The molecule has 1 atom stereocenters. The van der Waals surface area contributed by atoms with E-state index in [0.717, 1.165) is 4.47 Å². The van der Waals surface area contributed by atoms with Crippen LogP contribution >= 0.6 is 39.5 Å². The van der Waals surface area contributed by atoms with Crippen LogP contribution in [0.5, 0.6) is 0 Å². The topological polar surface area (TPSA) is 61.8 Å². The van der Waals surface area contributed by atoms with Gasteiger partial charge >= 0.3 is 0 Å². The molecular weight excluding hydrogens is 520 g/mol. The number of carbonyl (C=O) groups is 2. The quantitative estimate of drug-likeness (QED) is 0.394. The molecule has 1 heterocycles. The molecule has 0 bridgehead atoms. The van der Waals surface area contributed by atoms with E-state index >= 15 is 0 Å². The molecule has 3 rings (SSSR count). The lowest BCUT2D eigenvalue weighted by Gasteiger charge is -2.18. The Kier molecular flexibility index (Phi) is 8.72. The van der Waals surface area contributed by atoms with Gasteiger partial charge in [0.25, 0.3) is 5.76 Å². The maximum absolute atomic E-state index is 13.0. The molecule has 0 radical (unpaired) electrons. The predicted molar refractivity (Wildman–Crippen MR) is 131 cm³/mol. The van der Waals surface area contributed by atoms with E-state index in [2.05, 4.69) is 26.2 Å². The van der Waals surface area contributed by atoms with E-state index in [0.29, 0.717) is 39.7 Å². The van der Waals surface area contributed by atoms with Crippen molar-refractivity contribution >= 4 is 67.8 Å². The van der Waals surface area contributed by atoms with E-state index < -0.39 is 11.0 Å². The number of amides is 2. The summed E-state index contributed by atoms with van der Waals surface area (Å²) in [6, 6.07) is 13.7. The summed E-state index contributed by atoms with van der Waals surface area (Å²) in [4.78, 5) is 32.2. The van der Waals surface area contributed by atoms with Crippen molar-refractivity contribution in [3.05, 3.63) is 53.0 Å². The summed E-state index contributed by atoms with van der Waals surface area (Å²) < 4.78 is 25.8. The van der Waals surface area contributed by atoms with Crippen LogP contribution in [0, 0.1) is 5.92 Å². The van der Waals surface area contributed by atoms with E-state index in [1.807, 2.05) is 32.0 Å². The Morgan fingerprint density at radius 3 is 2.53 bits per heavy atom. The highest BCUT2D eigenvalue weighted by Crippen LogP contribution is 2.34. The van der Waals surface area contributed by atoms with E-state index in [9.17, 15) is 18.4 Å². The maximum atomic E-state index is 13.0. The van der Waals surface area contributed by atoms with E-state index in [-0.39, 0.29) is 24.2 Å². The normalized spacial score (nSPS) is 17.6. The number of rotatable bonds is 8. The number of alkyl halides is 2. The van der Waals surface area contributed by atoms with Gasteiger partial charge < -0.3 is 5.32 Å². The summed E-state index contributed by atoms with van der Waals surface area (Å²) in [5, 5.41) is 2.76. The standard InChI is InChI=1S/C22H22BrF2N3O2S2/c1-13(2)12-28-20(30)18(11-19(29)27-17-6-4-3-5-16(17)23)32-22(28)26-14-7-9-15(10-8-14)31-21(24)25/h3-10,13,18,21H,11-12H2,1-2H3,(H,27,29). The van der Waals surface area contributed by atoms with Crippen molar-refractivity contribution in [3.8, 4) is 0 Å². The van der Waals surface area contributed by atoms with Gasteiger partial charge in [-0.05, 0) is 58.2 Å². The van der Waals surface area contributed by atoms with Crippen LogP contribution in [0.3, 0.4) is 0 Å². The van der Waals surface area contributed by atoms with Crippen LogP contribution < -0.4 is 5.32 Å². The summed E-state index contributed by atoms with van der Waals surface area (Å²) in [5.41, 5.74) is 1.20. The van der Waals surface area contributed by atoms with Crippen molar-refractivity contribution in [1.29, 1.82) is 0 Å². The molecule has 2 aromatic rings. The monoisotopic (exact) mass is 541 g/mol. The smallest absolute Gasteiger partial charge is 0.288 e. The van der Waals surface area contributed by atoms with Crippen LogP contribution in [0.4, 0.5) is 20.2 Å². The second kappa shape index (κ2) is 11.3. The van der Waals surface area contributed by atoms with Crippen LogP contribution in [0.15, 0.2) is 62.9 Å². The number of nitrogens with one attached hydrogen (secondary N) is 1. The second-order valence-corrected chi connectivity index (χ2v) is 10.5. The number of anilines is 1. The summed E-state index contributed by atoms with van der Waals surface area (Å²) >= 11 is 5.11. The molecule has 1 aliphatic heterocycles. The lowest BCUT2D eigenvalue weighted by atomic mass is 10.2. The van der Waals surface area contributed by atoms with Gasteiger partial charge in [0.05, 0.1) is 11.4 Å². The zero-order chi connectivity index (χ0) is 23.3. The predicted octanol–water partition coefficient (Wildman–Crippen LogP) is 6.38. The molecule has 1 aliphatic rings. The van der Waals surface area contributed by atoms with Gasteiger partial charge in [-0.15, -0.1) is 0 Å². The SMILES string of the molecule is CC(C)CN1C(=O)C(CC(=O)Nc2ccccc2Br)SC1=Nc1ccc(SC(F)F)cc1. The molecule has 32 heavy (non-hydrogen) atoms. The van der Waals surface area contributed by atoms with Crippen molar-refractivity contribution < 1.29 is 18.4 Å². The van der Waals surface area contributed by atoms with E-state index in [1.54, 1.807) is 35.2 Å². The van der Waals surface area contributed by atoms with Crippen LogP contribution in [-0.4, -0.2) is 39.4 Å². The summed E-state index contributed by atoms with van der Waals surface area (Å²) in [6.07, 6.45) is 0.0163. The average molecular weight is 542 g/mol. The lowest BCUT2D eigenvalue weighted by molar-refractivity contribution is -0.128. The number of halogens is 3. The fourth-order valence-corrected chi connectivity index (χ4v) is 5.05. The third kappa shape index (κ3) is 6.79. The number of nitrogens with zero attached hydrogens (tertiary/aromatic N) is 2. The number of amidine groups is 1. The number of hydrogen-bond acceptors (Lipinski definition) is 5. The number of para-hydroxylation sites is 1. The van der Waals surface area contributed by atoms with Gasteiger partial charge in [0, 0.05) is 22.3 Å². The molecule has 10 heteroatoms. The van der Waals surface area contributed by atoms with Crippen LogP contribution in [-0.2, 0) is 9.59 Å². The molecule has 0 spiro atoms. The molecule has 2 aromatic carbocycles. The van der Waals surface area contributed by atoms with Gasteiger partial charge in [0.2, 0.25) is 11.8 Å². The summed E-state index contributed by atoms with van der Waals surface area (Å²) in [6.45, 7) is 4.48. The van der Waals surface area contributed by atoms with Crippen molar-refractivity contribution in [2.24, 2.45) is 10.9 Å². The summed E-state index contributed by atoms with van der Waals surface area (Å²) in [7, 11) is 0. The zero-order valence-electron chi connectivity index (χ0n) is 17.4. The van der Waals surface area contributed by atoms with Crippen LogP contribution in [0.25, 0.3) is 0 Å². The highest BCUT2D eigenvalue weighted by atomic mass is 79.9. The van der Waals surface area contributed by atoms with Crippen LogP contribution in [0.1, 0.15) is 20.3 Å². The maximum Gasteiger partial charge on any atom is 0.288 e. The second-order valence-electron chi connectivity index (χ2n) is 7.45. The third-order valence-corrected chi connectivity index (χ3v) is 6.96. The van der Waals surface area contributed by atoms with Gasteiger partial charge in [0.1, 0.15) is 5.25 Å². The van der Waals surface area contributed by atoms with Crippen LogP contribution in [0.2, 0.25) is 0 Å². The minimum absolute atomic E-state index is 0.0163. The number of hydrogen-bond donors (Lipinski definition) is 1. The van der Waals surface area contributed by atoms with Gasteiger partial charge in [0.15, 0.2) is 5.17 Å². The molecule has 0 saturated carbocycles. The Hall–Kier alpha value is -1.91. The number of aliphatic imine (C=N–C) groups is 1. The van der Waals surface area contributed by atoms with Crippen molar-refractivity contribution in [2.45, 2.75) is 36.2 Å². The highest BCUT2D eigenvalue weighted by Gasteiger charge is 2.39. The van der Waals surface area contributed by atoms with Gasteiger partial charge in [-0.3, -0.25) is 14.5 Å². The number of carbonyl (C=O) groups excluding carboxylic acids is 2. The lowest BCUT2D eigenvalue weighted by Crippen LogP contribution is -2.36. The first kappa shape index (κ1) is 24.7. The fourth-order valence-electron chi connectivity index (χ4n) is 3.00. The third-order valence-electron chi connectivity index (χ3n) is 4.37. The largest absolute Gasteiger partial charge is 0.325 e. The Labute approximate surface area is 202 Å². The number of thioether (sulfide) groups is 2. The molecule has 1 saturated heterocycles. The molecular formula is C22H22BrF2N3O2S2. The van der Waals surface area contributed by atoms with Gasteiger partial charge in [-0.2, -0.15) is 8.78 Å². The Morgan fingerprint density at radius 1 is 1.22 bits per heavy atom. The summed E-state index contributed by atoms with van der Waals surface area (Å²) in [5.74, 6) is -2.70. The molecule has 1 unspecified atom stereocenters. The first-order chi connectivity index (χ1) is 15.2. The molecule has 5 nitrogen and oxygen atoms in total. The van der Waals surface area contributed by atoms with Crippen molar-refractivity contribution in [1.82, 2.24) is 4.90 Å². The van der Waals surface area contributed by atoms with Crippen molar-refractivity contribution in [3.63, 3.8) is 0 Å². The van der Waals surface area contributed by atoms with Gasteiger partial charge in [-0.1, -0.05) is 49.5 Å². The van der Waals surface area contributed by atoms with E-state index in [4.69, 9.17) is 0 Å². The minimum Gasteiger partial charge on any atom is -0.325 e. The molecule has 0 aromatic heterocycles. The van der Waals surface area contributed by atoms with Crippen molar-refractivity contribution in [2.75, 3.05) is 11.9 Å².